The molecule has 0 radical (unpaired) electrons. The van der Waals surface area contributed by atoms with Crippen molar-refractivity contribution in [2.75, 3.05) is 13.1 Å². The lowest BCUT2D eigenvalue weighted by Crippen LogP contribution is -2.50. The molecule has 1 aromatic heterocycles. The van der Waals surface area contributed by atoms with E-state index in [0.29, 0.717) is 29.7 Å². The van der Waals surface area contributed by atoms with Gasteiger partial charge in [0.2, 0.25) is 5.91 Å². The van der Waals surface area contributed by atoms with Crippen LogP contribution in [0.15, 0.2) is 12.3 Å². The summed E-state index contributed by atoms with van der Waals surface area (Å²) in [5.74, 6) is 2.32. The number of hydrogen-bond acceptors (Lipinski definition) is 3. The van der Waals surface area contributed by atoms with Crippen LogP contribution in [0.25, 0.3) is 0 Å². The molecule has 2 aliphatic carbocycles. The molecule has 0 spiro atoms. The zero-order valence-electron chi connectivity index (χ0n) is 13.8. The first-order valence-corrected chi connectivity index (χ1v) is 9.26. The second-order valence-corrected chi connectivity index (χ2v) is 7.81. The van der Waals surface area contributed by atoms with E-state index in [4.69, 9.17) is 5.73 Å². The molecule has 126 valence electrons. The molecule has 1 amide bonds. The largest absolute Gasteiger partial charge is 0.342 e. The maximum atomic E-state index is 12.9. The van der Waals surface area contributed by atoms with Crippen LogP contribution >= 0.6 is 0 Å². The maximum absolute atomic E-state index is 12.9. The Bertz CT molecular complexity index is 521. The van der Waals surface area contributed by atoms with Crippen LogP contribution in [0.4, 0.5) is 0 Å². The number of H-pyrrole nitrogens is 1. The van der Waals surface area contributed by atoms with Gasteiger partial charge in [-0.15, -0.1) is 0 Å². The van der Waals surface area contributed by atoms with Crippen LogP contribution in [0.1, 0.15) is 56.6 Å². The van der Waals surface area contributed by atoms with Crippen LogP contribution in [0.2, 0.25) is 0 Å². The summed E-state index contributed by atoms with van der Waals surface area (Å²) in [5, 5.41) is 7.13. The van der Waals surface area contributed by atoms with E-state index in [2.05, 4.69) is 21.2 Å². The Hall–Kier alpha value is -1.36. The number of rotatable bonds is 2. The standard InChI is InChI=1S/C18H28N4O/c19-17-13-2-1-3-14(17)11-15(10-13)18(23)22-8-5-12(6-9-22)16-4-7-20-21-16/h4,7,12-15,17H,1-3,5-6,8-11,19H2,(H,20,21). The molecule has 3 N–H and O–H groups in total. The van der Waals surface area contributed by atoms with Gasteiger partial charge in [-0.2, -0.15) is 5.10 Å². The fraction of sp³-hybridized carbons (Fsp3) is 0.778. The fourth-order valence-corrected chi connectivity index (χ4v) is 5.15. The third-order valence-electron chi connectivity index (χ3n) is 6.53. The summed E-state index contributed by atoms with van der Waals surface area (Å²) in [6.07, 6.45) is 9.72. The van der Waals surface area contributed by atoms with E-state index in [9.17, 15) is 4.79 Å². The predicted octanol–water partition coefficient (Wildman–Crippen LogP) is 2.27. The monoisotopic (exact) mass is 316 g/mol. The number of aromatic nitrogens is 2. The Balaban J connectivity index is 1.35. The Kier molecular flexibility index (Phi) is 4.14. The minimum atomic E-state index is 0.230. The van der Waals surface area contributed by atoms with Crippen LogP contribution in [0.5, 0.6) is 0 Å². The Morgan fingerprint density at radius 3 is 2.48 bits per heavy atom. The molecule has 3 aliphatic rings. The highest BCUT2D eigenvalue weighted by atomic mass is 16.2. The molecule has 4 rings (SSSR count). The summed E-state index contributed by atoms with van der Waals surface area (Å²) in [6, 6.07) is 2.41. The third-order valence-corrected chi connectivity index (χ3v) is 6.53. The summed E-state index contributed by atoms with van der Waals surface area (Å²) >= 11 is 0. The number of nitrogens with zero attached hydrogens (tertiary/aromatic N) is 2. The van der Waals surface area contributed by atoms with Gasteiger partial charge in [-0.1, -0.05) is 6.42 Å². The molecule has 2 unspecified atom stereocenters. The van der Waals surface area contributed by atoms with Crippen LogP contribution < -0.4 is 5.73 Å². The molecule has 2 bridgehead atoms. The van der Waals surface area contributed by atoms with Crippen molar-refractivity contribution in [3.05, 3.63) is 18.0 Å². The van der Waals surface area contributed by atoms with Gasteiger partial charge in [-0.05, 0) is 56.4 Å². The average Bonchev–Trinajstić information content (AvgIpc) is 3.08. The molecule has 2 atom stereocenters. The van der Waals surface area contributed by atoms with Crippen molar-refractivity contribution in [3.8, 4) is 0 Å². The second kappa shape index (κ2) is 6.27. The van der Waals surface area contributed by atoms with Gasteiger partial charge in [0.25, 0.3) is 0 Å². The first-order chi connectivity index (χ1) is 11.2. The van der Waals surface area contributed by atoms with Gasteiger partial charge in [-0.25, -0.2) is 0 Å². The van der Waals surface area contributed by atoms with Gasteiger partial charge < -0.3 is 10.6 Å². The normalized spacial score (nSPS) is 35.3. The molecule has 1 aliphatic heterocycles. The van der Waals surface area contributed by atoms with Crippen LogP contribution in [-0.4, -0.2) is 40.1 Å². The summed E-state index contributed by atoms with van der Waals surface area (Å²) < 4.78 is 0. The van der Waals surface area contributed by atoms with Crippen molar-refractivity contribution in [3.63, 3.8) is 0 Å². The number of piperidine rings is 1. The lowest BCUT2D eigenvalue weighted by Gasteiger charge is -2.45. The quantitative estimate of drug-likeness (QED) is 0.879. The predicted molar refractivity (Wildman–Crippen MR) is 88.7 cm³/mol. The number of aromatic amines is 1. The van der Waals surface area contributed by atoms with Crippen molar-refractivity contribution >= 4 is 5.91 Å². The van der Waals surface area contributed by atoms with Gasteiger partial charge in [0.15, 0.2) is 0 Å². The average molecular weight is 316 g/mol. The van der Waals surface area contributed by atoms with Gasteiger partial charge in [0.05, 0.1) is 0 Å². The highest BCUT2D eigenvalue weighted by molar-refractivity contribution is 5.79. The van der Waals surface area contributed by atoms with Gasteiger partial charge in [0, 0.05) is 42.9 Å². The van der Waals surface area contributed by atoms with Crippen LogP contribution in [-0.2, 0) is 4.79 Å². The van der Waals surface area contributed by atoms with E-state index in [1.807, 2.05) is 6.20 Å². The number of nitrogens with one attached hydrogen (secondary N) is 1. The van der Waals surface area contributed by atoms with E-state index >= 15 is 0 Å². The van der Waals surface area contributed by atoms with Gasteiger partial charge in [0.1, 0.15) is 0 Å². The van der Waals surface area contributed by atoms with E-state index < -0.39 is 0 Å². The first kappa shape index (κ1) is 15.2. The van der Waals surface area contributed by atoms with Crippen LogP contribution in [0.3, 0.4) is 0 Å². The molecular weight excluding hydrogens is 288 g/mol. The summed E-state index contributed by atoms with van der Waals surface area (Å²) in [6.45, 7) is 1.78. The summed E-state index contributed by atoms with van der Waals surface area (Å²) in [5.41, 5.74) is 7.58. The lowest BCUT2D eigenvalue weighted by molar-refractivity contribution is -0.139. The second-order valence-electron chi connectivity index (χ2n) is 7.81. The molecule has 2 saturated carbocycles. The number of nitrogens with two attached hydrogens (primary N) is 1. The fourth-order valence-electron chi connectivity index (χ4n) is 5.15. The van der Waals surface area contributed by atoms with E-state index in [-0.39, 0.29) is 5.92 Å². The number of hydrogen-bond donors (Lipinski definition) is 2. The van der Waals surface area contributed by atoms with Gasteiger partial charge >= 0.3 is 0 Å². The molecule has 5 heteroatoms. The number of amides is 1. The van der Waals surface area contributed by atoms with E-state index in [1.54, 1.807) is 0 Å². The first-order valence-electron chi connectivity index (χ1n) is 9.26. The number of carbonyl (C=O) groups excluding carboxylic acids is 1. The third kappa shape index (κ3) is 2.91. The molecule has 0 aromatic carbocycles. The molecular formula is C18H28N4O. The molecule has 5 nitrogen and oxygen atoms in total. The topological polar surface area (TPSA) is 75.0 Å². The minimum absolute atomic E-state index is 0.230. The number of carbonyl (C=O) groups is 1. The molecule has 1 saturated heterocycles. The molecule has 1 aromatic rings. The van der Waals surface area contributed by atoms with Crippen molar-refractivity contribution < 1.29 is 4.79 Å². The van der Waals surface area contributed by atoms with Gasteiger partial charge in [-0.3, -0.25) is 9.89 Å². The maximum Gasteiger partial charge on any atom is 0.225 e. The van der Waals surface area contributed by atoms with Crippen molar-refractivity contribution in [1.82, 2.24) is 15.1 Å². The number of fused-ring (bicyclic) bond motifs is 2. The van der Waals surface area contributed by atoms with Crippen LogP contribution in [0, 0.1) is 17.8 Å². The zero-order chi connectivity index (χ0) is 15.8. The molecule has 23 heavy (non-hydrogen) atoms. The Labute approximate surface area is 138 Å². The Morgan fingerprint density at radius 1 is 1.17 bits per heavy atom. The number of likely N-dealkylation sites (tertiary alicyclic amines) is 1. The molecule has 3 fully saturated rings. The minimum Gasteiger partial charge on any atom is -0.342 e. The van der Waals surface area contributed by atoms with Crippen molar-refractivity contribution in [2.24, 2.45) is 23.5 Å². The SMILES string of the molecule is NC1C2CCCC1CC(C(=O)N1CCC(c3ccn[nH]3)CC1)C2. The van der Waals surface area contributed by atoms with E-state index in [1.165, 1.54) is 25.0 Å². The Morgan fingerprint density at radius 2 is 1.87 bits per heavy atom. The summed E-state index contributed by atoms with van der Waals surface area (Å²) in [7, 11) is 0. The smallest absolute Gasteiger partial charge is 0.225 e. The highest BCUT2D eigenvalue weighted by Gasteiger charge is 2.42. The highest BCUT2D eigenvalue weighted by Crippen LogP contribution is 2.42. The zero-order valence-corrected chi connectivity index (χ0v) is 13.8. The van der Waals surface area contributed by atoms with Crippen molar-refractivity contribution in [2.45, 2.75) is 56.9 Å². The lowest BCUT2D eigenvalue weighted by atomic mass is 9.65. The van der Waals surface area contributed by atoms with Crippen molar-refractivity contribution in [1.29, 1.82) is 0 Å². The van der Waals surface area contributed by atoms with E-state index in [0.717, 1.165) is 38.8 Å². The molecule has 2 heterocycles. The summed E-state index contributed by atoms with van der Waals surface area (Å²) in [4.78, 5) is 15.1.